The minimum absolute atomic E-state index is 0.312. The molecule has 0 unspecified atom stereocenters. The molecule has 0 aliphatic carbocycles. The third-order valence-corrected chi connectivity index (χ3v) is 1.82. The van der Waals surface area contributed by atoms with Gasteiger partial charge < -0.3 is 9.47 Å². The SMILES string of the molecule is O=Cc1ccc(C2OCCO2)cn1. The standard InChI is InChI=1S/C9H9NO3/c11-6-8-2-1-7(5-10-8)9-12-3-4-13-9/h1-2,5-6,9H,3-4H2. The van der Waals surface area contributed by atoms with Crippen LogP contribution in [0, 0.1) is 0 Å². The molecule has 2 rings (SSSR count). The minimum atomic E-state index is -0.312. The Bertz CT molecular complexity index is 290. The van der Waals surface area contributed by atoms with Gasteiger partial charge in [0, 0.05) is 11.8 Å². The van der Waals surface area contributed by atoms with Gasteiger partial charge in [0.15, 0.2) is 12.6 Å². The topological polar surface area (TPSA) is 48.4 Å². The quantitative estimate of drug-likeness (QED) is 0.634. The van der Waals surface area contributed by atoms with Crippen molar-refractivity contribution < 1.29 is 14.3 Å². The van der Waals surface area contributed by atoms with Crippen LogP contribution in [0.3, 0.4) is 0 Å². The van der Waals surface area contributed by atoms with Crippen molar-refractivity contribution in [2.45, 2.75) is 6.29 Å². The molecule has 4 nitrogen and oxygen atoms in total. The predicted octanol–water partition coefficient (Wildman–Crippen LogP) is 0.940. The molecule has 1 fully saturated rings. The van der Waals surface area contributed by atoms with Gasteiger partial charge in [-0.15, -0.1) is 0 Å². The lowest BCUT2D eigenvalue weighted by atomic mass is 10.2. The van der Waals surface area contributed by atoms with Crippen LogP contribution in [-0.2, 0) is 9.47 Å². The van der Waals surface area contributed by atoms with Crippen molar-refractivity contribution in [3.8, 4) is 0 Å². The average molecular weight is 179 g/mol. The summed E-state index contributed by atoms with van der Waals surface area (Å²) in [5.41, 5.74) is 1.27. The number of rotatable bonds is 2. The van der Waals surface area contributed by atoms with Gasteiger partial charge in [0.2, 0.25) is 0 Å². The molecule has 1 aromatic heterocycles. The molecule has 0 amide bonds. The Morgan fingerprint density at radius 2 is 2.15 bits per heavy atom. The second-order valence-corrected chi connectivity index (χ2v) is 2.71. The molecule has 68 valence electrons. The van der Waals surface area contributed by atoms with E-state index in [2.05, 4.69) is 4.98 Å². The van der Waals surface area contributed by atoms with Gasteiger partial charge in [0.25, 0.3) is 0 Å². The Morgan fingerprint density at radius 3 is 2.69 bits per heavy atom. The molecule has 1 aliphatic heterocycles. The fourth-order valence-electron chi connectivity index (χ4n) is 1.18. The van der Waals surface area contributed by atoms with E-state index in [4.69, 9.17) is 9.47 Å². The second-order valence-electron chi connectivity index (χ2n) is 2.71. The van der Waals surface area contributed by atoms with Gasteiger partial charge in [-0.2, -0.15) is 0 Å². The maximum absolute atomic E-state index is 10.3. The summed E-state index contributed by atoms with van der Waals surface area (Å²) in [4.78, 5) is 14.2. The molecule has 0 bridgehead atoms. The normalized spacial score (nSPS) is 17.5. The van der Waals surface area contributed by atoms with Gasteiger partial charge in [0.1, 0.15) is 5.69 Å². The first kappa shape index (κ1) is 8.34. The molecule has 0 saturated carbocycles. The van der Waals surface area contributed by atoms with Crippen LogP contribution in [0.25, 0.3) is 0 Å². The fraction of sp³-hybridized carbons (Fsp3) is 0.333. The largest absolute Gasteiger partial charge is 0.346 e. The van der Waals surface area contributed by atoms with Crippen LogP contribution in [0.4, 0.5) is 0 Å². The van der Waals surface area contributed by atoms with Gasteiger partial charge in [-0.25, -0.2) is 0 Å². The highest BCUT2D eigenvalue weighted by Gasteiger charge is 2.17. The van der Waals surface area contributed by atoms with Crippen molar-refractivity contribution in [1.29, 1.82) is 0 Å². The molecule has 0 radical (unpaired) electrons. The zero-order valence-electron chi connectivity index (χ0n) is 6.97. The molecule has 1 saturated heterocycles. The van der Waals surface area contributed by atoms with Crippen LogP contribution >= 0.6 is 0 Å². The Morgan fingerprint density at radius 1 is 1.38 bits per heavy atom. The number of nitrogens with zero attached hydrogens (tertiary/aromatic N) is 1. The predicted molar refractivity (Wildman–Crippen MR) is 44.3 cm³/mol. The zero-order valence-corrected chi connectivity index (χ0v) is 6.97. The summed E-state index contributed by atoms with van der Waals surface area (Å²) in [5.74, 6) is 0. The van der Waals surface area contributed by atoms with Gasteiger partial charge in [0.05, 0.1) is 13.2 Å². The van der Waals surface area contributed by atoms with Gasteiger partial charge >= 0.3 is 0 Å². The first-order chi connectivity index (χ1) is 6.40. The van der Waals surface area contributed by atoms with E-state index in [0.29, 0.717) is 25.2 Å². The van der Waals surface area contributed by atoms with E-state index in [9.17, 15) is 4.79 Å². The van der Waals surface area contributed by atoms with Crippen molar-refractivity contribution >= 4 is 6.29 Å². The van der Waals surface area contributed by atoms with Crippen molar-refractivity contribution in [1.82, 2.24) is 4.98 Å². The molecule has 4 heteroatoms. The summed E-state index contributed by atoms with van der Waals surface area (Å²) in [6.45, 7) is 1.22. The highest BCUT2D eigenvalue weighted by Crippen LogP contribution is 2.21. The number of carbonyl (C=O) groups excluding carboxylic acids is 1. The van der Waals surface area contributed by atoms with Gasteiger partial charge in [-0.1, -0.05) is 6.07 Å². The molecule has 0 atom stereocenters. The lowest BCUT2D eigenvalue weighted by molar-refractivity contribution is -0.0443. The Balaban J connectivity index is 2.16. The average Bonchev–Trinajstić information content (AvgIpc) is 2.71. The summed E-state index contributed by atoms with van der Waals surface area (Å²) in [6.07, 6.45) is 1.99. The van der Waals surface area contributed by atoms with Crippen molar-refractivity contribution in [2.24, 2.45) is 0 Å². The third-order valence-electron chi connectivity index (χ3n) is 1.82. The van der Waals surface area contributed by atoms with E-state index in [1.54, 1.807) is 18.3 Å². The number of aromatic nitrogens is 1. The molecule has 0 spiro atoms. The highest BCUT2D eigenvalue weighted by atomic mass is 16.7. The number of hydrogen-bond acceptors (Lipinski definition) is 4. The molecule has 2 heterocycles. The second kappa shape index (κ2) is 3.64. The van der Waals surface area contributed by atoms with Crippen molar-refractivity contribution in [2.75, 3.05) is 13.2 Å². The molecule has 13 heavy (non-hydrogen) atoms. The zero-order chi connectivity index (χ0) is 9.10. The van der Waals surface area contributed by atoms with Crippen LogP contribution < -0.4 is 0 Å². The van der Waals surface area contributed by atoms with Crippen LogP contribution in [0.2, 0.25) is 0 Å². The number of hydrogen-bond donors (Lipinski definition) is 0. The van der Waals surface area contributed by atoms with Gasteiger partial charge in [-0.3, -0.25) is 9.78 Å². The maximum Gasteiger partial charge on any atom is 0.185 e. The van der Waals surface area contributed by atoms with Crippen molar-refractivity contribution in [3.63, 3.8) is 0 Å². The monoisotopic (exact) mass is 179 g/mol. The number of aldehydes is 1. The van der Waals surface area contributed by atoms with E-state index in [-0.39, 0.29) is 6.29 Å². The molecule has 0 aromatic carbocycles. The van der Waals surface area contributed by atoms with Crippen LogP contribution in [-0.4, -0.2) is 24.5 Å². The van der Waals surface area contributed by atoms with Crippen LogP contribution in [0.5, 0.6) is 0 Å². The summed E-state index contributed by atoms with van der Waals surface area (Å²) in [6, 6.07) is 3.43. The Kier molecular flexibility index (Phi) is 2.33. The van der Waals surface area contributed by atoms with Gasteiger partial charge in [-0.05, 0) is 6.07 Å². The van der Waals surface area contributed by atoms with E-state index < -0.39 is 0 Å². The van der Waals surface area contributed by atoms with Crippen molar-refractivity contribution in [3.05, 3.63) is 29.6 Å². The van der Waals surface area contributed by atoms with Crippen LogP contribution in [0.15, 0.2) is 18.3 Å². The third kappa shape index (κ3) is 1.74. The van der Waals surface area contributed by atoms with E-state index in [0.717, 1.165) is 5.56 Å². The maximum atomic E-state index is 10.3. The minimum Gasteiger partial charge on any atom is -0.346 e. The Hall–Kier alpha value is -1.26. The molecule has 1 aromatic rings. The Labute approximate surface area is 75.5 Å². The van der Waals surface area contributed by atoms with E-state index >= 15 is 0 Å². The first-order valence-corrected chi connectivity index (χ1v) is 4.04. The highest BCUT2D eigenvalue weighted by molar-refractivity contribution is 5.71. The van der Waals surface area contributed by atoms with E-state index in [1.807, 2.05) is 0 Å². The number of carbonyl (C=O) groups is 1. The number of ether oxygens (including phenoxy) is 2. The molecular formula is C9H9NO3. The molecular weight excluding hydrogens is 170 g/mol. The fourth-order valence-corrected chi connectivity index (χ4v) is 1.18. The summed E-state index contributed by atoms with van der Waals surface area (Å²) < 4.78 is 10.5. The molecule has 1 aliphatic rings. The van der Waals surface area contributed by atoms with E-state index in [1.165, 1.54) is 0 Å². The number of pyridine rings is 1. The van der Waals surface area contributed by atoms with Crippen LogP contribution in [0.1, 0.15) is 22.3 Å². The lowest BCUT2D eigenvalue weighted by Crippen LogP contribution is -1.99. The lowest BCUT2D eigenvalue weighted by Gasteiger charge is -2.07. The smallest absolute Gasteiger partial charge is 0.185 e. The summed E-state index contributed by atoms with van der Waals surface area (Å²) in [5, 5.41) is 0. The first-order valence-electron chi connectivity index (χ1n) is 4.04. The molecule has 0 N–H and O–H groups in total. The summed E-state index contributed by atoms with van der Waals surface area (Å²) >= 11 is 0. The summed E-state index contributed by atoms with van der Waals surface area (Å²) in [7, 11) is 0.